The molecule has 0 aromatic heterocycles. The first-order valence-corrected chi connectivity index (χ1v) is 9.81. The van der Waals surface area contributed by atoms with Gasteiger partial charge in [0.05, 0.1) is 12.0 Å². The maximum atomic E-state index is 12.6. The number of hydrogen-bond acceptors (Lipinski definition) is 3. The molecule has 0 bridgehead atoms. The number of benzene rings is 1. The third-order valence-corrected chi connectivity index (χ3v) is 5.46. The predicted octanol–water partition coefficient (Wildman–Crippen LogP) is 3.52. The smallest absolute Gasteiger partial charge is 0.227 e. The minimum Gasteiger partial charge on any atom is -0.491 e. The molecular weight excluding hydrogens is 328 g/mol. The van der Waals surface area contributed by atoms with E-state index in [4.69, 9.17) is 4.74 Å². The third kappa shape index (κ3) is 4.37. The lowest BCUT2D eigenvalue weighted by Crippen LogP contribution is -2.44. The summed E-state index contributed by atoms with van der Waals surface area (Å²) in [6, 6.07) is 7.78. The Labute approximate surface area is 156 Å². The second-order valence-corrected chi connectivity index (χ2v) is 7.94. The van der Waals surface area contributed by atoms with Crippen molar-refractivity contribution in [2.24, 2.45) is 11.8 Å². The van der Waals surface area contributed by atoms with Crippen LogP contribution in [0.25, 0.3) is 0 Å². The molecule has 0 unspecified atom stereocenters. The van der Waals surface area contributed by atoms with Crippen LogP contribution in [0.1, 0.15) is 52.9 Å². The van der Waals surface area contributed by atoms with Crippen LogP contribution in [0, 0.1) is 11.8 Å². The van der Waals surface area contributed by atoms with Gasteiger partial charge in [0.2, 0.25) is 11.8 Å². The fourth-order valence-electron chi connectivity index (χ4n) is 3.94. The highest BCUT2D eigenvalue weighted by molar-refractivity contribution is 6.00. The largest absolute Gasteiger partial charge is 0.491 e. The maximum absolute atomic E-state index is 12.6. The molecule has 1 saturated heterocycles. The van der Waals surface area contributed by atoms with Crippen molar-refractivity contribution >= 4 is 17.5 Å². The van der Waals surface area contributed by atoms with Crippen molar-refractivity contribution in [1.29, 1.82) is 0 Å². The van der Waals surface area contributed by atoms with E-state index >= 15 is 0 Å². The van der Waals surface area contributed by atoms with E-state index in [1.165, 1.54) is 19.3 Å². The molecule has 26 heavy (non-hydrogen) atoms. The molecule has 1 aliphatic heterocycles. The van der Waals surface area contributed by atoms with Gasteiger partial charge >= 0.3 is 0 Å². The zero-order valence-corrected chi connectivity index (χ0v) is 16.0. The summed E-state index contributed by atoms with van der Waals surface area (Å²) in [5.74, 6) is 1.09. The molecule has 142 valence electrons. The first-order valence-electron chi connectivity index (χ1n) is 9.81. The minimum atomic E-state index is -0.261. The Morgan fingerprint density at radius 2 is 1.88 bits per heavy atom. The van der Waals surface area contributed by atoms with Crippen LogP contribution in [0.2, 0.25) is 0 Å². The summed E-state index contributed by atoms with van der Waals surface area (Å²) in [7, 11) is 0. The van der Waals surface area contributed by atoms with E-state index in [1.807, 2.05) is 38.1 Å². The van der Waals surface area contributed by atoms with E-state index in [0.717, 1.165) is 17.9 Å². The van der Waals surface area contributed by atoms with E-state index < -0.39 is 0 Å². The Balaban J connectivity index is 1.60. The summed E-state index contributed by atoms with van der Waals surface area (Å²) in [4.78, 5) is 26.8. The first kappa shape index (κ1) is 18.7. The van der Waals surface area contributed by atoms with Crippen LogP contribution in [-0.4, -0.2) is 30.5 Å². The zero-order chi connectivity index (χ0) is 18.7. The molecule has 1 heterocycles. The number of nitrogens with zero attached hydrogens (tertiary/aromatic N) is 1. The highest BCUT2D eigenvalue weighted by Gasteiger charge is 2.36. The number of ether oxygens (including phenoxy) is 1. The number of anilines is 1. The van der Waals surface area contributed by atoms with Crippen molar-refractivity contribution in [3.63, 3.8) is 0 Å². The van der Waals surface area contributed by atoms with Crippen molar-refractivity contribution in [1.82, 2.24) is 5.32 Å². The lowest BCUT2D eigenvalue weighted by atomic mass is 9.85. The van der Waals surface area contributed by atoms with E-state index in [9.17, 15) is 9.59 Å². The van der Waals surface area contributed by atoms with Crippen molar-refractivity contribution in [2.75, 3.05) is 11.4 Å². The van der Waals surface area contributed by atoms with Gasteiger partial charge in [0, 0.05) is 24.7 Å². The molecule has 1 N–H and O–H groups in total. The van der Waals surface area contributed by atoms with Crippen LogP contribution in [0.3, 0.4) is 0 Å². The van der Waals surface area contributed by atoms with Gasteiger partial charge < -0.3 is 15.0 Å². The Morgan fingerprint density at radius 3 is 2.54 bits per heavy atom. The Bertz CT molecular complexity index is 641. The van der Waals surface area contributed by atoms with Crippen LogP contribution >= 0.6 is 0 Å². The molecule has 1 saturated carbocycles. The number of rotatable bonds is 5. The van der Waals surface area contributed by atoms with Crippen LogP contribution in [0.4, 0.5) is 5.69 Å². The number of amides is 2. The minimum absolute atomic E-state index is 0.0133. The fourth-order valence-corrected chi connectivity index (χ4v) is 3.94. The van der Waals surface area contributed by atoms with Gasteiger partial charge in [-0.3, -0.25) is 9.59 Å². The van der Waals surface area contributed by atoms with Crippen molar-refractivity contribution in [3.05, 3.63) is 24.3 Å². The van der Waals surface area contributed by atoms with Gasteiger partial charge in [-0.1, -0.05) is 19.8 Å². The monoisotopic (exact) mass is 358 g/mol. The maximum Gasteiger partial charge on any atom is 0.227 e. The lowest BCUT2D eigenvalue weighted by molar-refractivity contribution is -0.127. The number of carbonyl (C=O) groups is 2. The topological polar surface area (TPSA) is 58.6 Å². The first-order chi connectivity index (χ1) is 12.4. The molecule has 0 radical (unpaired) electrons. The molecule has 2 amide bonds. The number of hydrogen-bond donors (Lipinski definition) is 1. The summed E-state index contributed by atoms with van der Waals surface area (Å²) >= 11 is 0. The van der Waals surface area contributed by atoms with Gasteiger partial charge in [-0.15, -0.1) is 0 Å². The molecule has 3 rings (SSSR count). The highest BCUT2D eigenvalue weighted by atomic mass is 16.5. The zero-order valence-electron chi connectivity index (χ0n) is 16.0. The summed E-state index contributed by atoms with van der Waals surface area (Å²) in [5, 5.41) is 3.20. The summed E-state index contributed by atoms with van der Waals surface area (Å²) in [6.45, 7) is 6.62. The van der Waals surface area contributed by atoms with Gasteiger partial charge in [-0.2, -0.15) is 0 Å². The van der Waals surface area contributed by atoms with Crippen molar-refractivity contribution in [3.8, 4) is 5.75 Å². The molecule has 2 fully saturated rings. The quantitative estimate of drug-likeness (QED) is 0.876. The summed E-state index contributed by atoms with van der Waals surface area (Å²) in [6.07, 6.45) is 5.05. The average Bonchev–Trinajstić information content (AvgIpc) is 2.99. The van der Waals surface area contributed by atoms with Gasteiger partial charge in [-0.25, -0.2) is 0 Å². The summed E-state index contributed by atoms with van der Waals surface area (Å²) in [5.41, 5.74) is 0.826. The molecule has 0 spiro atoms. The van der Waals surface area contributed by atoms with Crippen LogP contribution < -0.4 is 15.0 Å². The normalized spacial score (nSPS) is 26.2. The van der Waals surface area contributed by atoms with Crippen LogP contribution in [0.15, 0.2) is 24.3 Å². The standard InChI is InChI=1S/C21H30N2O3/c1-14(2)26-18-10-8-17(9-11-18)23-13-16(12-20(23)24)21(25)22-19-7-5-4-6-15(19)3/h8-11,14-16,19H,4-7,12-13H2,1-3H3,(H,22,25)/t15-,16-,19+/m1/s1. The molecule has 1 aromatic carbocycles. The van der Waals surface area contributed by atoms with Gasteiger partial charge in [-0.05, 0) is 56.9 Å². The Kier molecular flexibility index (Phi) is 5.84. The van der Waals surface area contributed by atoms with Gasteiger partial charge in [0.1, 0.15) is 5.75 Å². The molecule has 5 heteroatoms. The average molecular weight is 358 g/mol. The number of nitrogens with one attached hydrogen (secondary N) is 1. The Hall–Kier alpha value is -2.04. The molecular formula is C21H30N2O3. The van der Waals surface area contributed by atoms with E-state index in [0.29, 0.717) is 12.5 Å². The molecule has 2 aliphatic rings. The number of carbonyl (C=O) groups excluding carboxylic acids is 2. The molecule has 3 atom stereocenters. The van der Waals surface area contributed by atoms with E-state index in [1.54, 1.807) is 4.90 Å². The van der Waals surface area contributed by atoms with Crippen LogP contribution in [0.5, 0.6) is 5.75 Å². The summed E-state index contributed by atoms with van der Waals surface area (Å²) < 4.78 is 5.65. The van der Waals surface area contributed by atoms with Crippen molar-refractivity contribution < 1.29 is 14.3 Å². The second kappa shape index (κ2) is 8.11. The fraction of sp³-hybridized carbons (Fsp3) is 0.619. The van der Waals surface area contributed by atoms with Gasteiger partial charge in [0.15, 0.2) is 0 Å². The molecule has 1 aromatic rings. The SMILES string of the molecule is CC(C)Oc1ccc(N2C[C@H](C(=O)N[C@H]3CCCC[C@H]3C)CC2=O)cc1. The lowest BCUT2D eigenvalue weighted by Gasteiger charge is -2.30. The van der Waals surface area contributed by atoms with Gasteiger partial charge in [0.25, 0.3) is 0 Å². The molecule has 1 aliphatic carbocycles. The predicted molar refractivity (Wildman–Crippen MR) is 102 cm³/mol. The second-order valence-electron chi connectivity index (χ2n) is 7.94. The van der Waals surface area contributed by atoms with Crippen molar-refractivity contribution in [2.45, 2.75) is 65.0 Å². The van der Waals surface area contributed by atoms with E-state index in [2.05, 4.69) is 12.2 Å². The van der Waals surface area contributed by atoms with Crippen LogP contribution in [-0.2, 0) is 9.59 Å². The Morgan fingerprint density at radius 1 is 1.19 bits per heavy atom. The molecule has 5 nitrogen and oxygen atoms in total. The highest BCUT2D eigenvalue weighted by Crippen LogP contribution is 2.29. The van der Waals surface area contributed by atoms with E-state index in [-0.39, 0.29) is 36.3 Å². The third-order valence-electron chi connectivity index (χ3n) is 5.46.